The first kappa shape index (κ1) is 15.8. The fourth-order valence-corrected chi connectivity index (χ4v) is 2.74. The van der Waals surface area contributed by atoms with Gasteiger partial charge in [0.15, 0.2) is 0 Å². The molecule has 1 heterocycles. The Morgan fingerprint density at radius 1 is 1.21 bits per heavy atom. The molecule has 0 aliphatic carbocycles. The summed E-state index contributed by atoms with van der Waals surface area (Å²) < 4.78 is 0. The molecule has 0 atom stereocenters. The number of hydrogen-bond donors (Lipinski definition) is 1. The summed E-state index contributed by atoms with van der Waals surface area (Å²) in [4.78, 5) is 14.0. The minimum absolute atomic E-state index is 0.102. The van der Waals surface area contributed by atoms with Gasteiger partial charge < -0.3 is 4.98 Å². The number of nitro groups is 1. The first-order valence-corrected chi connectivity index (χ1v) is 7.76. The highest BCUT2D eigenvalue weighted by Gasteiger charge is 2.13. The van der Waals surface area contributed by atoms with Crippen molar-refractivity contribution in [1.82, 2.24) is 4.98 Å². The molecule has 0 bridgehead atoms. The molecule has 0 aliphatic heterocycles. The van der Waals surface area contributed by atoms with Gasteiger partial charge in [0.05, 0.1) is 10.4 Å². The zero-order chi connectivity index (χ0) is 17.1. The third-order valence-electron chi connectivity index (χ3n) is 4.04. The number of hydrogen-bond acceptors (Lipinski definition) is 2. The van der Waals surface area contributed by atoms with Crippen LogP contribution in [0.3, 0.4) is 0 Å². The summed E-state index contributed by atoms with van der Waals surface area (Å²) in [6, 6.07) is 13.1. The molecular formula is C19H17BN2O2. The largest absolute Gasteiger partial charge is 0.361 e. The summed E-state index contributed by atoms with van der Waals surface area (Å²) in [7, 11) is 1.98. The lowest BCUT2D eigenvalue weighted by Crippen LogP contribution is -1.90. The first-order chi connectivity index (χ1) is 11.6. The van der Waals surface area contributed by atoms with E-state index in [2.05, 4.69) is 18.0 Å². The predicted molar refractivity (Wildman–Crippen MR) is 102 cm³/mol. The summed E-state index contributed by atoms with van der Waals surface area (Å²) in [5.74, 6) is 1.99. The molecule has 5 heteroatoms. The van der Waals surface area contributed by atoms with Gasteiger partial charge in [-0.3, -0.25) is 10.1 Å². The topological polar surface area (TPSA) is 58.9 Å². The molecule has 118 valence electrons. The molecule has 0 radical (unpaired) electrons. The number of nitro benzene ring substituents is 1. The molecule has 0 spiro atoms. The van der Waals surface area contributed by atoms with E-state index in [4.69, 9.17) is 0 Å². The van der Waals surface area contributed by atoms with Gasteiger partial charge in [-0.25, -0.2) is 0 Å². The zero-order valence-corrected chi connectivity index (χ0v) is 13.6. The van der Waals surface area contributed by atoms with Crippen LogP contribution >= 0.6 is 0 Å². The highest BCUT2D eigenvalue weighted by molar-refractivity contribution is 6.17. The van der Waals surface area contributed by atoms with Gasteiger partial charge in [-0.1, -0.05) is 36.4 Å². The van der Waals surface area contributed by atoms with E-state index in [1.807, 2.05) is 50.2 Å². The monoisotopic (exact) mass is 316 g/mol. The Morgan fingerprint density at radius 3 is 2.62 bits per heavy atom. The van der Waals surface area contributed by atoms with E-state index in [0.717, 1.165) is 27.6 Å². The van der Waals surface area contributed by atoms with E-state index in [1.54, 1.807) is 18.3 Å². The van der Waals surface area contributed by atoms with E-state index >= 15 is 0 Å². The number of nitrogens with one attached hydrogen (secondary N) is 1. The maximum atomic E-state index is 11.2. The molecule has 24 heavy (non-hydrogen) atoms. The third kappa shape index (κ3) is 3.01. The maximum absolute atomic E-state index is 11.2. The van der Waals surface area contributed by atoms with Crippen LogP contribution in [0, 0.1) is 10.1 Å². The molecule has 1 aromatic heterocycles. The average molecular weight is 316 g/mol. The zero-order valence-electron chi connectivity index (χ0n) is 13.6. The highest BCUT2D eigenvalue weighted by atomic mass is 16.6. The van der Waals surface area contributed by atoms with E-state index in [0.29, 0.717) is 0 Å². The Hall–Kier alpha value is -3.08. The van der Waals surface area contributed by atoms with Crippen LogP contribution in [0.25, 0.3) is 27.6 Å². The standard InChI is InChI=1S/C19H17BN2O2/c1-13(3-2-9-20)14-4-6-15(7-5-14)18-12-17(22(23)24)11-16-8-10-21-19(16)18/h2-12,21H,20H2,1H3/b9-2-,13-3+. The smallest absolute Gasteiger partial charge is 0.270 e. The second kappa shape index (κ2) is 6.58. The predicted octanol–water partition coefficient (Wildman–Crippen LogP) is 4.29. The van der Waals surface area contributed by atoms with Crippen molar-refractivity contribution in [1.29, 1.82) is 0 Å². The Labute approximate surface area is 141 Å². The molecule has 3 aromatic rings. The SMILES string of the molecule is B/C=C\C=C(/C)c1ccc(-c2cc([N+](=O)[O-])cc3cc[nH]c23)cc1. The highest BCUT2D eigenvalue weighted by Crippen LogP contribution is 2.32. The Balaban J connectivity index is 2.07. The van der Waals surface area contributed by atoms with Crippen LogP contribution < -0.4 is 0 Å². The van der Waals surface area contributed by atoms with E-state index in [-0.39, 0.29) is 10.6 Å². The number of aromatic amines is 1. The van der Waals surface area contributed by atoms with Crippen LogP contribution in [0.2, 0.25) is 0 Å². The van der Waals surface area contributed by atoms with Gasteiger partial charge in [0.25, 0.3) is 5.69 Å². The number of non-ortho nitro benzene ring substituents is 1. The minimum atomic E-state index is -0.353. The lowest BCUT2D eigenvalue weighted by Gasteiger charge is -2.07. The summed E-state index contributed by atoms with van der Waals surface area (Å²) in [5.41, 5.74) is 5.10. The molecule has 0 saturated heterocycles. The van der Waals surface area contributed by atoms with Crippen molar-refractivity contribution in [2.24, 2.45) is 0 Å². The molecular weight excluding hydrogens is 299 g/mol. The van der Waals surface area contributed by atoms with Crippen molar-refractivity contribution in [2.45, 2.75) is 6.92 Å². The lowest BCUT2D eigenvalue weighted by molar-refractivity contribution is -0.384. The third-order valence-corrected chi connectivity index (χ3v) is 4.04. The second-order valence-electron chi connectivity index (χ2n) is 5.65. The van der Waals surface area contributed by atoms with Crippen LogP contribution in [-0.4, -0.2) is 17.8 Å². The van der Waals surface area contributed by atoms with Crippen LogP contribution in [0.4, 0.5) is 5.69 Å². The fourth-order valence-electron chi connectivity index (χ4n) is 2.74. The second-order valence-corrected chi connectivity index (χ2v) is 5.65. The number of nitrogens with zero attached hydrogens (tertiary/aromatic N) is 1. The average Bonchev–Trinajstić information content (AvgIpc) is 3.07. The Kier molecular flexibility index (Phi) is 4.34. The van der Waals surface area contributed by atoms with E-state index in [1.165, 1.54) is 5.57 Å². The summed E-state index contributed by atoms with van der Waals surface area (Å²) >= 11 is 0. The van der Waals surface area contributed by atoms with Crippen LogP contribution in [-0.2, 0) is 0 Å². The van der Waals surface area contributed by atoms with Gasteiger partial charge in [-0.15, -0.1) is 5.98 Å². The van der Waals surface area contributed by atoms with Crippen molar-refractivity contribution < 1.29 is 4.92 Å². The number of fused-ring (bicyclic) bond motifs is 1. The van der Waals surface area contributed by atoms with Gasteiger partial charge in [-0.2, -0.15) is 0 Å². The van der Waals surface area contributed by atoms with Gasteiger partial charge in [0.1, 0.15) is 7.85 Å². The first-order valence-electron chi connectivity index (χ1n) is 7.76. The van der Waals surface area contributed by atoms with Crippen molar-refractivity contribution in [3.05, 3.63) is 82.5 Å². The molecule has 2 aromatic carbocycles. The molecule has 3 rings (SSSR count). The van der Waals surface area contributed by atoms with Crippen molar-refractivity contribution in [3.8, 4) is 11.1 Å². The lowest BCUT2D eigenvalue weighted by atomic mass is 9.98. The number of allylic oxidation sites excluding steroid dienone is 3. The number of rotatable bonds is 4. The minimum Gasteiger partial charge on any atom is -0.361 e. The summed E-state index contributed by atoms with van der Waals surface area (Å²) in [6.45, 7) is 2.06. The number of aromatic nitrogens is 1. The quantitative estimate of drug-likeness (QED) is 0.338. The maximum Gasteiger partial charge on any atom is 0.270 e. The van der Waals surface area contributed by atoms with Crippen molar-refractivity contribution >= 4 is 30.0 Å². The van der Waals surface area contributed by atoms with Crippen molar-refractivity contribution in [3.63, 3.8) is 0 Å². The van der Waals surface area contributed by atoms with Gasteiger partial charge in [-0.05, 0) is 29.7 Å². The molecule has 0 fully saturated rings. The molecule has 4 nitrogen and oxygen atoms in total. The summed E-state index contributed by atoms with van der Waals surface area (Å²) in [6.07, 6.45) is 5.87. The van der Waals surface area contributed by atoms with Crippen molar-refractivity contribution in [2.75, 3.05) is 0 Å². The number of benzene rings is 2. The van der Waals surface area contributed by atoms with Gasteiger partial charge in [0, 0.05) is 29.3 Å². The molecule has 1 N–H and O–H groups in total. The molecule has 0 saturated carbocycles. The van der Waals surface area contributed by atoms with E-state index < -0.39 is 0 Å². The van der Waals surface area contributed by atoms with Crippen LogP contribution in [0.5, 0.6) is 0 Å². The molecule has 0 amide bonds. The van der Waals surface area contributed by atoms with Crippen LogP contribution in [0.1, 0.15) is 12.5 Å². The van der Waals surface area contributed by atoms with Gasteiger partial charge >= 0.3 is 0 Å². The van der Waals surface area contributed by atoms with Crippen LogP contribution in [0.15, 0.2) is 66.8 Å². The number of H-pyrrole nitrogens is 1. The normalized spacial score (nSPS) is 12.1. The fraction of sp³-hybridized carbons (Fsp3) is 0.0526. The molecule has 0 aliphatic rings. The Bertz CT molecular complexity index is 953. The summed E-state index contributed by atoms with van der Waals surface area (Å²) in [5, 5.41) is 12.0. The molecule has 0 unspecified atom stereocenters. The Morgan fingerprint density at radius 2 is 1.96 bits per heavy atom. The van der Waals surface area contributed by atoms with Gasteiger partial charge in [0.2, 0.25) is 0 Å². The van der Waals surface area contributed by atoms with E-state index in [9.17, 15) is 10.1 Å².